The van der Waals surface area contributed by atoms with Crippen molar-refractivity contribution in [1.82, 2.24) is 9.62 Å². The zero-order valence-corrected chi connectivity index (χ0v) is 14.8. The van der Waals surface area contributed by atoms with Gasteiger partial charge in [-0.2, -0.15) is 0 Å². The number of non-ortho nitro benzene ring substituents is 1. The molecule has 1 aromatic carbocycles. The maximum Gasteiger partial charge on any atom is 0.410 e. The summed E-state index contributed by atoms with van der Waals surface area (Å²) in [5.41, 5.74) is -0.831. The molecule has 24 heavy (non-hydrogen) atoms. The molecule has 1 amide bonds. The molecule has 0 atom stereocenters. The number of nitrogens with one attached hydrogen (secondary N) is 1. The van der Waals surface area contributed by atoms with Gasteiger partial charge in [0.05, 0.1) is 9.82 Å². The Morgan fingerprint density at radius 2 is 1.83 bits per heavy atom. The monoisotopic (exact) mass is 359 g/mol. The standard InChI is InChI=1S/C14H21N3O6S/c1-14(2,3)23-13(18)16(4)10-9-15-24(21,22)12-7-5-11(6-8-12)17(19)20/h5-8,15H,9-10H2,1-4H3. The number of rotatable bonds is 6. The van der Waals surface area contributed by atoms with Crippen molar-refractivity contribution in [1.29, 1.82) is 0 Å². The van der Waals surface area contributed by atoms with Gasteiger partial charge >= 0.3 is 6.09 Å². The molecule has 0 bridgehead atoms. The number of nitro groups is 1. The Morgan fingerprint density at radius 1 is 1.29 bits per heavy atom. The van der Waals surface area contributed by atoms with E-state index in [1.165, 1.54) is 11.9 Å². The number of hydrogen-bond donors (Lipinski definition) is 1. The summed E-state index contributed by atoms with van der Waals surface area (Å²) in [4.78, 5) is 22.9. The highest BCUT2D eigenvalue weighted by molar-refractivity contribution is 7.89. The summed E-state index contributed by atoms with van der Waals surface area (Å²) in [5.74, 6) is 0. The minimum Gasteiger partial charge on any atom is -0.444 e. The minimum atomic E-state index is -3.81. The van der Waals surface area contributed by atoms with E-state index in [-0.39, 0.29) is 23.7 Å². The smallest absolute Gasteiger partial charge is 0.410 e. The molecule has 0 aromatic heterocycles. The van der Waals surface area contributed by atoms with Gasteiger partial charge < -0.3 is 9.64 Å². The van der Waals surface area contributed by atoms with E-state index >= 15 is 0 Å². The quantitative estimate of drug-likeness (QED) is 0.610. The van der Waals surface area contributed by atoms with E-state index < -0.39 is 26.6 Å². The van der Waals surface area contributed by atoms with Crippen LogP contribution in [-0.4, -0.2) is 50.1 Å². The molecule has 0 saturated heterocycles. The average Bonchev–Trinajstić information content (AvgIpc) is 2.45. The predicted molar refractivity (Wildman–Crippen MR) is 87.1 cm³/mol. The first-order valence-electron chi connectivity index (χ1n) is 7.10. The molecule has 0 aliphatic heterocycles. The van der Waals surface area contributed by atoms with Crippen LogP contribution in [0, 0.1) is 10.1 Å². The fourth-order valence-electron chi connectivity index (χ4n) is 1.61. The SMILES string of the molecule is CN(CCNS(=O)(=O)c1ccc([N+](=O)[O-])cc1)C(=O)OC(C)(C)C. The Hall–Kier alpha value is -2.20. The van der Waals surface area contributed by atoms with Crippen molar-refractivity contribution < 1.29 is 22.9 Å². The molecule has 0 spiro atoms. The molecule has 1 rings (SSSR count). The minimum absolute atomic E-state index is 0.0188. The molecule has 0 radical (unpaired) electrons. The second-order valence-electron chi connectivity index (χ2n) is 6.05. The number of carbonyl (C=O) groups is 1. The van der Waals surface area contributed by atoms with Crippen LogP contribution >= 0.6 is 0 Å². The van der Waals surface area contributed by atoms with E-state index in [0.29, 0.717) is 0 Å². The second-order valence-corrected chi connectivity index (χ2v) is 7.82. The summed E-state index contributed by atoms with van der Waals surface area (Å²) in [6.07, 6.45) is -0.558. The molecule has 0 saturated carbocycles. The first kappa shape index (κ1) is 19.8. The van der Waals surface area contributed by atoms with Crippen LogP contribution in [0.1, 0.15) is 20.8 Å². The second kappa shape index (κ2) is 7.58. The Kier molecular flexibility index (Phi) is 6.27. The van der Waals surface area contributed by atoms with Crippen LogP contribution in [0.15, 0.2) is 29.2 Å². The van der Waals surface area contributed by atoms with E-state index in [0.717, 1.165) is 24.3 Å². The Bertz CT molecular complexity index is 694. The third-order valence-electron chi connectivity index (χ3n) is 2.80. The van der Waals surface area contributed by atoms with Crippen LogP contribution in [0.4, 0.5) is 10.5 Å². The van der Waals surface area contributed by atoms with Crippen LogP contribution < -0.4 is 4.72 Å². The van der Waals surface area contributed by atoms with Crippen LogP contribution in [0.25, 0.3) is 0 Å². The lowest BCUT2D eigenvalue weighted by molar-refractivity contribution is -0.384. The van der Waals surface area contributed by atoms with Crippen molar-refractivity contribution in [3.05, 3.63) is 34.4 Å². The van der Waals surface area contributed by atoms with Crippen LogP contribution in [0.5, 0.6) is 0 Å². The highest BCUT2D eigenvalue weighted by Crippen LogP contribution is 2.15. The largest absolute Gasteiger partial charge is 0.444 e. The highest BCUT2D eigenvalue weighted by atomic mass is 32.2. The van der Waals surface area contributed by atoms with Gasteiger partial charge in [-0.3, -0.25) is 10.1 Å². The van der Waals surface area contributed by atoms with Gasteiger partial charge in [0.25, 0.3) is 5.69 Å². The maximum atomic E-state index is 12.1. The van der Waals surface area contributed by atoms with E-state index in [4.69, 9.17) is 4.74 Å². The van der Waals surface area contributed by atoms with Crippen molar-refractivity contribution in [2.75, 3.05) is 20.1 Å². The maximum absolute atomic E-state index is 12.1. The summed E-state index contributed by atoms with van der Waals surface area (Å²) in [6.45, 7) is 5.29. The summed E-state index contributed by atoms with van der Waals surface area (Å²) in [7, 11) is -2.32. The number of sulfonamides is 1. The van der Waals surface area contributed by atoms with Crippen molar-refractivity contribution in [2.45, 2.75) is 31.3 Å². The van der Waals surface area contributed by atoms with Crippen molar-refractivity contribution in [3.63, 3.8) is 0 Å². The summed E-state index contributed by atoms with van der Waals surface area (Å²) >= 11 is 0. The fourth-order valence-corrected chi connectivity index (χ4v) is 2.63. The van der Waals surface area contributed by atoms with Gasteiger partial charge in [0.1, 0.15) is 5.60 Å². The zero-order chi connectivity index (χ0) is 18.5. The molecule has 10 heteroatoms. The molecular formula is C14H21N3O6S. The average molecular weight is 359 g/mol. The summed E-state index contributed by atoms with van der Waals surface area (Å²) in [5, 5.41) is 10.6. The van der Waals surface area contributed by atoms with Gasteiger partial charge in [-0.1, -0.05) is 0 Å². The Balaban J connectivity index is 2.59. The van der Waals surface area contributed by atoms with Gasteiger partial charge in [-0.15, -0.1) is 0 Å². The molecule has 1 aromatic rings. The van der Waals surface area contributed by atoms with Gasteiger partial charge in [-0.05, 0) is 32.9 Å². The predicted octanol–water partition coefficient (Wildman–Crippen LogP) is 1.74. The number of ether oxygens (including phenoxy) is 1. The molecular weight excluding hydrogens is 338 g/mol. The lowest BCUT2D eigenvalue weighted by Gasteiger charge is -2.24. The molecule has 0 fully saturated rings. The number of amides is 1. The van der Waals surface area contributed by atoms with E-state index in [9.17, 15) is 23.3 Å². The topological polar surface area (TPSA) is 119 Å². The van der Waals surface area contributed by atoms with E-state index in [2.05, 4.69) is 4.72 Å². The third-order valence-corrected chi connectivity index (χ3v) is 4.28. The number of carbonyl (C=O) groups excluding carboxylic acids is 1. The molecule has 0 unspecified atom stereocenters. The van der Waals surface area contributed by atoms with E-state index in [1.807, 2.05) is 0 Å². The molecule has 0 aliphatic carbocycles. The van der Waals surface area contributed by atoms with Crippen molar-refractivity contribution in [3.8, 4) is 0 Å². The van der Waals surface area contributed by atoms with Crippen LogP contribution in [0.2, 0.25) is 0 Å². The third kappa shape index (κ3) is 6.13. The molecule has 9 nitrogen and oxygen atoms in total. The first-order chi connectivity index (χ1) is 10.9. The first-order valence-corrected chi connectivity index (χ1v) is 8.59. The van der Waals surface area contributed by atoms with Gasteiger partial charge in [0.2, 0.25) is 10.0 Å². The molecule has 1 N–H and O–H groups in total. The Morgan fingerprint density at radius 3 is 2.29 bits per heavy atom. The lowest BCUT2D eigenvalue weighted by atomic mass is 10.2. The summed E-state index contributed by atoms with van der Waals surface area (Å²) < 4.78 is 31.6. The Labute approximate surface area is 140 Å². The fraction of sp³-hybridized carbons (Fsp3) is 0.500. The molecule has 0 aliphatic rings. The van der Waals surface area contributed by atoms with Gasteiger partial charge in [-0.25, -0.2) is 17.9 Å². The normalized spacial score (nSPS) is 11.8. The highest BCUT2D eigenvalue weighted by Gasteiger charge is 2.20. The number of nitrogens with zero attached hydrogens (tertiary/aromatic N) is 2. The zero-order valence-electron chi connectivity index (χ0n) is 14.0. The van der Waals surface area contributed by atoms with Gasteiger partial charge in [0.15, 0.2) is 0 Å². The molecule has 0 heterocycles. The lowest BCUT2D eigenvalue weighted by Crippen LogP contribution is -2.39. The van der Waals surface area contributed by atoms with Crippen molar-refractivity contribution in [2.24, 2.45) is 0 Å². The van der Waals surface area contributed by atoms with E-state index in [1.54, 1.807) is 20.8 Å². The number of benzene rings is 1. The number of nitro benzene ring substituents is 1. The van der Waals surface area contributed by atoms with Crippen molar-refractivity contribution >= 4 is 21.8 Å². The van der Waals surface area contributed by atoms with Crippen LogP contribution in [0.3, 0.4) is 0 Å². The number of hydrogen-bond acceptors (Lipinski definition) is 6. The summed E-state index contributed by atoms with van der Waals surface area (Å²) in [6, 6.07) is 4.53. The number of likely N-dealkylation sites (N-methyl/N-ethyl adjacent to an activating group) is 1. The molecule has 134 valence electrons. The van der Waals surface area contributed by atoms with Crippen LogP contribution in [-0.2, 0) is 14.8 Å². The van der Waals surface area contributed by atoms with Gasteiger partial charge in [0, 0.05) is 32.3 Å².